The van der Waals surface area contributed by atoms with Crippen LogP contribution in [0.2, 0.25) is 0 Å². The number of rotatable bonds is 5. The summed E-state index contributed by atoms with van der Waals surface area (Å²) in [5, 5.41) is 10.1. The lowest BCUT2D eigenvalue weighted by molar-refractivity contribution is -0.121. The molecule has 0 aliphatic carbocycles. The molecule has 1 N–H and O–H groups in total. The summed E-state index contributed by atoms with van der Waals surface area (Å²) in [6.45, 7) is 3.15. The first kappa shape index (κ1) is 23.6. The number of carbonyl (C=O) groups excluding carboxylic acids is 4. The van der Waals surface area contributed by atoms with Crippen LogP contribution in [0.1, 0.15) is 24.2 Å². The number of hydrogen-bond acceptors (Lipinski definition) is 5. The molecule has 0 fully saturated rings. The Balaban J connectivity index is 1.50. The number of amides is 4. The number of imide groups is 2. The molecule has 3 aromatic carbocycles. The molecule has 0 unspecified atom stereocenters. The second-order valence-electron chi connectivity index (χ2n) is 8.74. The van der Waals surface area contributed by atoms with Crippen LogP contribution in [0, 0.1) is 0 Å². The predicted molar refractivity (Wildman–Crippen MR) is 137 cm³/mol. The van der Waals surface area contributed by atoms with Crippen LogP contribution < -0.4 is 9.80 Å². The molecule has 3 aromatic rings. The summed E-state index contributed by atoms with van der Waals surface area (Å²) in [5.74, 6) is -2.76. The SMILES string of the molecule is CC1=CC(=O)N(c2ccc(-c3cccc(-c4ccc(N5C(=O)C=C(C)C5=O)cc4)c3C(=O)O)cc2)C1=O. The van der Waals surface area contributed by atoms with Crippen LogP contribution in [-0.4, -0.2) is 34.7 Å². The fourth-order valence-corrected chi connectivity index (χ4v) is 4.51. The van der Waals surface area contributed by atoms with Crippen molar-refractivity contribution in [1.82, 2.24) is 0 Å². The summed E-state index contributed by atoms with van der Waals surface area (Å²) in [6, 6.07) is 18.2. The van der Waals surface area contributed by atoms with Crippen molar-refractivity contribution in [3.05, 3.63) is 95.6 Å². The number of nitrogens with zero attached hydrogens (tertiary/aromatic N) is 2. The Bertz CT molecular complexity index is 1470. The number of benzene rings is 3. The lowest BCUT2D eigenvalue weighted by Gasteiger charge is -2.17. The maximum absolute atomic E-state index is 12.4. The van der Waals surface area contributed by atoms with Gasteiger partial charge in [-0.15, -0.1) is 0 Å². The van der Waals surface area contributed by atoms with Crippen molar-refractivity contribution < 1.29 is 29.1 Å². The van der Waals surface area contributed by atoms with Gasteiger partial charge in [0.15, 0.2) is 0 Å². The van der Waals surface area contributed by atoms with Crippen LogP contribution >= 0.6 is 0 Å². The van der Waals surface area contributed by atoms with Gasteiger partial charge in [-0.05, 0) is 60.4 Å². The van der Waals surface area contributed by atoms with Gasteiger partial charge < -0.3 is 5.11 Å². The Hall–Kier alpha value is -5.11. The van der Waals surface area contributed by atoms with Crippen LogP contribution in [0.25, 0.3) is 22.3 Å². The van der Waals surface area contributed by atoms with Crippen molar-refractivity contribution in [3.63, 3.8) is 0 Å². The van der Waals surface area contributed by atoms with Crippen molar-refractivity contribution in [1.29, 1.82) is 0 Å². The molecule has 8 nitrogen and oxygen atoms in total. The molecule has 8 heteroatoms. The summed E-state index contributed by atoms with van der Waals surface area (Å²) in [5.41, 5.74) is 3.67. The second-order valence-corrected chi connectivity index (χ2v) is 8.74. The van der Waals surface area contributed by atoms with Crippen molar-refractivity contribution in [2.24, 2.45) is 0 Å². The summed E-state index contributed by atoms with van der Waals surface area (Å²) in [6.07, 6.45) is 2.56. The smallest absolute Gasteiger partial charge is 0.336 e. The first-order valence-electron chi connectivity index (χ1n) is 11.4. The number of carbonyl (C=O) groups is 5. The highest BCUT2D eigenvalue weighted by molar-refractivity contribution is 6.31. The third-order valence-electron chi connectivity index (χ3n) is 6.35. The third-order valence-corrected chi connectivity index (χ3v) is 6.35. The molecule has 0 aromatic heterocycles. The van der Waals surface area contributed by atoms with Crippen LogP contribution in [0.15, 0.2) is 90.0 Å². The average Bonchev–Trinajstić information content (AvgIpc) is 3.29. The summed E-state index contributed by atoms with van der Waals surface area (Å²) in [4.78, 5) is 63.4. The normalized spacial score (nSPS) is 15.4. The van der Waals surface area contributed by atoms with E-state index < -0.39 is 29.6 Å². The molecule has 0 radical (unpaired) electrons. The molecule has 2 heterocycles. The van der Waals surface area contributed by atoms with E-state index in [9.17, 15) is 29.1 Å². The molecule has 0 bridgehead atoms. The van der Waals surface area contributed by atoms with E-state index in [2.05, 4.69) is 0 Å². The molecule has 37 heavy (non-hydrogen) atoms. The van der Waals surface area contributed by atoms with E-state index in [0.29, 0.717) is 44.8 Å². The fraction of sp³-hybridized carbons (Fsp3) is 0.0690. The van der Waals surface area contributed by atoms with Gasteiger partial charge in [0.2, 0.25) is 0 Å². The Kier molecular flexibility index (Phi) is 5.64. The van der Waals surface area contributed by atoms with Crippen LogP contribution in [0.3, 0.4) is 0 Å². The predicted octanol–water partition coefficient (Wildman–Crippen LogP) is 4.36. The molecule has 5 rings (SSSR count). The zero-order valence-electron chi connectivity index (χ0n) is 19.9. The van der Waals surface area contributed by atoms with Gasteiger partial charge >= 0.3 is 5.97 Å². The maximum atomic E-state index is 12.4. The van der Waals surface area contributed by atoms with E-state index in [1.165, 1.54) is 12.2 Å². The molecule has 2 aliphatic rings. The molecule has 2 aliphatic heterocycles. The Morgan fingerprint density at radius 3 is 1.30 bits per heavy atom. The molecular weight excluding hydrogens is 472 g/mol. The van der Waals surface area contributed by atoms with Gasteiger partial charge in [0, 0.05) is 23.3 Å². The minimum Gasteiger partial charge on any atom is -0.478 e. The molecule has 0 atom stereocenters. The monoisotopic (exact) mass is 492 g/mol. The van der Waals surface area contributed by atoms with Crippen molar-refractivity contribution >= 4 is 41.0 Å². The minimum absolute atomic E-state index is 0.0691. The quantitative estimate of drug-likeness (QED) is 0.530. The van der Waals surface area contributed by atoms with Crippen molar-refractivity contribution in [2.75, 3.05) is 9.80 Å². The van der Waals surface area contributed by atoms with Gasteiger partial charge in [0.25, 0.3) is 23.6 Å². The van der Waals surface area contributed by atoms with Crippen molar-refractivity contribution in [3.8, 4) is 22.3 Å². The number of aromatic carboxylic acids is 1. The highest BCUT2D eigenvalue weighted by atomic mass is 16.4. The highest BCUT2D eigenvalue weighted by Gasteiger charge is 2.31. The average molecular weight is 492 g/mol. The zero-order valence-corrected chi connectivity index (χ0v) is 19.9. The lowest BCUT2D eigenvalue weighted by atomic mass is 9.91. The van der Waals surface area contributed by atoms with E-state index in [4.69, 9.17) is 0 Å². The van der Waals surface area contributed by atoms with Crippen LogP contribution in [-0.2, 0) is 19.2 Å². The Morgan fingerprint density at radius 2 is 1.00 bits per heavy atom. The molecule has 0 spiro atoms. The minimum atomic E-state index is -1.13. The van der Waals surface area contributed by atoms with Crippen LogP contribution in [0.5, 0.6) is 0 Å². The fourth-order valence-electron chi connectivity index (χ4n) is 4.51. The number of hydrogen-bond donors (Lipinski definition) is 1. The first-order chi connectivity index (χ1) is 17.7. The van der Waals surface area contributed by atoms with E-state index in [1.54, 1.807) is 80.6 Å². The molecule has 0 saturated heterocycles. The zero-order chi connectivity index (χ0) is 26.4. The number of anilines is 2. The third kappa shape index (κ3) is 3.94. The summed E-state index contributed by atoms with van der Waals surface area (Å²) in [7, 11) is 0. The van der Waals surface area contributed by atoms with Gasteiger partial charge in [-0.25, -0.2) is 14.6 Å². The van der Waals surface area contributed by atoms with Gasteiger partial charge in [0.05, 0.1) is 16.9 Å². The van der Waals surface area contributed by atoms with E-state index in [0.717, 1.165) is 9.80 Å². The van der Waals surface area contributed by atoms with Crippen molar-refractivity contribution in [2.45, 2.75) is 13.8 Å². The Morgan fingerprint density at radius 1 is 0.622 bits per heavy atom. The van der Waals surface area contributed by atoms with E-state index >= 15 is 0 Å². The lowest BCUT2D eigenvalue weighted by Crippen LogP contribution is -2.30. The molecule has 4 amide bonds. The number of carboxylic acid groups (broad SMARTS) is 1. The van der Waals surface area contributed by atoms with Gasteiger partial charge in [-0.1, -0.05) is 42.5 Å². The van der Waals surface area contributed by atoms with Gasteiger partial charge in [0.1, 0.15) is 0 Å². The topological polar surface area (TPSA) is 112 Å². The first-order valence-corrected chi connectivity index (χ1v) is 11.4. The van der Waals surface area contributed by atoms with E-state index in [-0.39, 0.29) is 5.56 Å². The molecular formula is C29H20N2O6. The number of carboxylic acids is 1. The largest absolute Gasteiger partial charge is 0.478 e. The Labute approximate surface area is 211 Å². The second kappa shape index (κ2) is 8.83. The van der Waals surface area contributed by atoms with E-state index in [1.807, 2.05) is 0 Å². The van der Waals surface area contributed by atoms with Gasteiger partial charge in [-0.3, -0.25) is 19.2 Å². The van der Waals surface area contributed by atoms with Crippen LogP contribution in [0.4, 0.5) is 11.4 Å². The summed E-state index contributed by atoms with van der Waals surface area (Å²) < 4.78 is 0. The highest BCUT2D eigenvalue weighted by Crippen LogP contribution is 2.35. The maximum Gasteiger partial charge on any atom is 0.336 e. The summed E-state index contributed by atoms with van der Waals surface area (Å²) >= 11 is 0. The van der Waals surface area contributed by atoms with Gasteiger partial charge in [-0.2, -0.15) is 0 Å². The standard InChI is InChI=1S/C29H20N2O6/c1-16-14-24(32)30(27(16)34)20-10-6-18(7-11-20)22-4-3-5-23(26(22)29(36)37)19-8-12-21(13-9-19)31-25(33)15-17(2)28(31)35/h3-15H,1-2H3,(H,36,37). The molecule has 0 saturated carbocycles. The molecule has 182 valence electrons.